The average molecular weight is 273 g/mol. The number of hydrogen-bond donors (Lipinski definition) is 1. The Bertz CT molecular complexity index is 676. The van der Waals surface area contributed by atoms with Crippen LogP contribution in [-0.4, -0.2) is 9.97 Å². The van der Waals surface area contributed by atoms with Crippen molar-refractivity contribution in [2.75, 3.05) is 0 Å². The van der Waals surface area contributed by atoms with E-state index in [9.17, 15) is 8.78 Å². The first kappa shape index (κ1) is 11.9. The molecule has 1 saturated carbocycles. The lowest BCUT2D eigenvalue weighted by Crippen LogP contribution is -2.03. The molecule has 1 aromatic heterocycles. The van der Waals surface area contributed by atoms with Crippen molar-refractivity contribution in [3.63, 3.8) is 0 Å². The Morgan fingerprint density at radius 2 is 1.75 bits per heavy atom. The van der Waals surface area contributed by atoms with E-state index in [-0.39, 0.29) is 0 Å². The summed E-state index contributed by atoms with van der Waals surface area (Å²) in [7, 11) is 0. The summed E-state index contributed by atoms with van der Waals surface area (Å²) in [4.78, 5) is 9.04. The van der Waals surface area contributed by atoms with Gasteiger partial charge in [0.05, 0.1) is 11.4 Å². The Morgan fingerprint density at radius 3 is 2.45 bits per heavy atom. The second-order valence-corrected chi connectivity index (χ2v) is 5.39. The van der Waals surface area contributed by atoms with Gasteiger partial charge in [-0.15, -0.1) is 0 Å². The first-order valence-electron chi connectivity index (χ1n) is 6.77. The quantitative estimate of drug-likeness (QED) is 0.914. The maximum Gasteiger partial charge on any atom is 0.159 e. The third kappa shape index (κ3) is 1.98. The molecule has 0 radical (unpaired) electrons. The average Bonchev–Trinajstić information content (AvgIpc) is 3.14. The topological polar surface area (TPSA) is 37.8 Å². The van der Waals surface area contributed by atoms with Crippen LogP contribution in [-0.2, 0) is 13.1 Å². The fourth-order valence-corrected chi connectivity index (χ4v) is 2.70. The number of nitrogens with zero attached hydrogens (tertiary/aromatic N) is 2. The lowest BCUT2D eigenvalue weighted by molar-refractivity contribution is 0.584. The fourth-order valence-electron chi connectivity index (χ4n) is 2.70. The van der Waals surface area contributed by atoms with Gasteiger partial charge in [-0.25, -0.2) is 18.7 Å². The second kappa shape index (κ2) is 4.31. The molecule has 0 saturated heterocycles. The van der Waals surface area contributed by atoms with Crippen molar-refractivity contribution < 1.29 is 8.78 Å². The maximum absolute atomic E-state index is 13.4. The van der Waals surface area contributed by atoms with Gasteiger partial charge in [-0.1, -0.05) is 0 Å². The molecule has 1 fully saturated rings. The zero-order chi connectivity index (χ0) is 13.7. The molecule has 0 spiro atoms. The first-order valence-corrected chi connectivity index (χ1v) is 6.77. The standard InChI is InChI=1S/C15H13F2N3/c16-10-3-9(4-11(17)5-10)15-19-13-7-18-6-12(13)14(20-15)8-1-2-8/h3-5,8,18H,1-2,6-7H2. The first-order chi connectivity index (χ1) is 9.70. The van der Waals surface area contributed by atoms with Gasteiger partial charge in [0.25, 0.3) is 0 Å². The zero-order valence-electron chi connectivity index (χ0n) is 10.8. The Labute approximate surface area is 115 Å². The van der Waals surface area contributed by atoms with Gasteiger partial charge in [-0.3, -0.25) is 0 Å². The van der Waals surface area contributed by atoms with Crippen molar-refractivity contribution in [2.45, 2.75) is 31.8 Å². The predicted molar refractivity (Wildman–Crippen MR) is 69.9 cm³/mol. The summed E-state index contributed by atoms with van der Waals surface area (Å²) in [6, 6.07) is 3.42. The van der Waals surface area contributed by atoms with Crippen LogP contribution in [0.1, 0.15) is 35.7 Å². The SMILES string of the molecule is Fc1cc(F)cc(-c2nc3c(c(C4CC4)n2)CNC3)c1. The largest absolute Gasteiger partial charge is 0.307 e. The molecule has 20 heavy (non-hydrogen) atoms. The van der Waals surface area contributed by atoms with E-state index in [1.54, 1.807) is 0 Å². The summed E-state index contributed by atoms with van der Waals surface area (Å²) in [5.41, 5.74) is 3.59. The number of aromatic nitrogens is 2. The summed E-state index contributed by atoms with van der Waals surface area (Å²) in [5.74, 6) is -0.290. The molecular weight excluding hydrogens is 260 g/mol. The molecule has 1 N–H and O–H groups in total. The van der Waals surface area contributed by atoms with Gasteiger partial charge in [0.2, 0.25) is 0 Å². The van der Waals surface area contributed by atoms with E-state index in [2.05, 4.69) is 15.3 Å². The molecule has 1 aliphatic carbocycles. The molecule has 0 atom stereocenters. The van der Waals surface area contributed by atoms with Crippen molar-refractivity contribution in [1.82, 2.24) is 15.3 Å². The van der Waals surface area contributed by atoms with Gasteiger partial charge in [0.1, 0.15) is 11.6 Å². The highest BCUT2D eigenvalue weighted by Gasteiger charge is 2.31. The van der Waals surface area contributed by atoms with Gasteiger partial charge in [-0.2, -0.15) is 0 Å². The summed E-state index contributed by atoms with van der Waals surface area (Å²) in [5, 5.41) is 3.26. The van der Waals surface area contributed by atoms with Crippen LogP contribution in [0.15, 0.2) is 18.2 Å². The zero-order valence-corrected chi connectivity index (χ0v) is 10.8. The van der Waals surface area contributed by atoms with Crippen LogP contribution in [0.2, 0.25) is 0 Å². The minimum Gasteiger partial charge on any atom is -0.307 e. The van der Waals surface area contributed by atoms with E-state index >= 15 is 0 Å². The monoisotopic (exact) mass is 273 g/mol. The molecule has 1 aliphatic heterocycles. The minimum atomic E-state index is -0.602. The number of nitrogens with one attached hydrogen (secondary N) is 1. The highest BCUT2D eigenvalue weighted by Crippen LogP contribution is 2.42. The normalized spacial score (nSPS) is 17.3. The molecule has 4 rings (SSSR count). The highest BCUT2D eigenvalue weighted by atomic mass is 19.1. The summed E-state index contributed by atoms with van der Waals surface area (Å²) in [6.45, 7) is 1.49. The molecule has 102 valence electrons. The van der Waals surface area contributed by atoms with E-state index in [1.807, 2.05) is 0 Å². The Kier molecular flexibility index (Phi) is 2.57. The third-order valence-electron chi connectivity index (χ3n) is 3.80. The smallest absolute Gasteiger partial charge is 0.159 e. The van der Waals surface area contributed by atoms with Crippen molar-refractivity contribution >= 4 is 0 Å². The van der Waals surface area contributed by atoms with Gasteiger partial charge in [-0.05, 0) is 25.0 Å². The number of rotatable bonds is 2. The van der Waals surface area contributed by atoms with Crippen LogP contribution in [0, 0.1) is 11.6 Å². The van der Waals surface area contributed by atoms with Crippen LogP contribution < -0.4 is 5.32 Å². The summed E-state index contributed by atoms with van der Waals surface area (Å²) >= 11 is 0. The summed E-state index contributed by atoms with van der Waals surface area (Å²) in [6.07, 6.45) is 2.28. The number of hydrogen-bond acceptors (Lipinski definition) is 3. The Balaban J connectivity index is 1.87. The Hall–Kier alpha value is -1.88. The lowest BCUT2D eigenvalue weighted by atomic mass is 10.1. The van der Waals surface area contributed by atoms with Crippen molar-refractivity contribution in [3.8, 4) is 11.4 Å². The molecule has 2 heterocycles. The number of halogens is 2. The summed E-state index contributed by atoms with van der Waals surface area (Å²) < 4.78 is 26.7. The molecular formula is C15H13F2N3. The molecule has 1 aromatic carbocycles. The van der Waals surface area contributed by atoms with E-state index in [0.717, 1.165) is 36.8 Å². The van der Waals surface area contributed by atoms with Crippen molar-refractivity contribution in [3.05, 3.63) is 46.8 Å². The van der Waals surface area contributed by atoms with Crippen LogP contribution in [0.4, 0.5) is 8.78 Å². The molecule has 5 heteroatoms. The lowest BCUT2D eigenvalue weighted by Gasteiger charge is -2.09. The number of benzene rings is 1. The second-order valence-electron chi connectivity index (χ2n) is 5.39. The molecule has 2 aromatic rings. The van der Waals surface area contributed by atoms with Gasteiger partial charge in [0.15, 0.2) is 5.82 Å². The van der Waals surface area contributed by atoms with E-state index < -0.39 is 11.6 Å². The van der Waals surface area contributed by atoms with E-state index in [1.165, 1.54) is 17.7 Å². The van der Waals surface area contributed by atoms with Crippen LogP contribution in [0.3, 0.4) is 0 Å². The van der Waals surface area contributed by atoms with Crippen LogP contribution in [0.5, 0.6) is 0 Å². The van der Waals surface area contributed by atoms with Crippen LogP contribution in [0.25, 0.3) is 11.4 Å². The molecule has 2 aliphatic rings. The van der Waals surface area contributed by atoms with Crippen molar-refractivity contribution in [1.29, 1.82) is 0 Å². The Morgan fingerprint density at radius 1 is 1.00 bits per heavy atom. The fraction of sp³-hybridized carbons (Fsp3) is 0.333. The molecule has 3 nitrogen and oxygen atoms in total. The maximum atomic E-state index is 13.4. The van der Waals surface area contributed by atoms with Gasteiger partial charge >= 0.3 is 0 Å². The minimum absolute atomic E-state index is 0.402. The van der Waals surface area contributed by atoms with Crippen LogP contribution >= 0.6 is 0 Å². The molecule has 0 bridgehead atoms. The highest BCUT2D eigenvalue weighted by molar-refractivity contribution is 5.57. The van der Waals surface area contributed by atoms with E-state index in [0.29, 0.717) is 23.9 Å². The molecule has 0 amide bonds. The van der Waals surface area contributed by atoms with E-state index in [4.69, 9.17) is 0 Å². The molecule has 0 unspecified atom stereocenters. The third-order valence-corrected chi connectivity index (χ3v) is 3.80. The van der Waals surface area contributed by atoms with Gasteiger partial charge in [0, 0.05) is 36.2 Å². The number of fused-ring (bicyclic) bond motifs is 1. The van der Waals surface area contributed by atoms with Gasteiger partial charge < -0.3 is 5.32 Å². The predicted octanol–water partition coefficient (Wildman–Crippen LogP) is 2.90. The van der Waals surface area contributed by atoms with Crippen molar-refractivity contribution in [2.24, 2.45) is 0 Å².